The van der Waals surface area contributed by atoms with Gasteiger partial charge in [-0.05, 0) is 55.1 Å². The van der Waals surface area contributed by atoms with Gasteiger partial charge in [0.1, 0.15) is 11.5 Å². The maximum Gasteiger partial charge on any atom is 0.255 e. The van der Waals surface area contributed by atoms with Crippen molar-refractivity contribution < 1.29 is 14.3 Å². The van der Waals surface area contributed by atoms with Crippen LogP contribution in [0.5, 0.6) is 0 Å². The minimum absolute atomic E-state index is 0.129. The highest BCUT2D eigenvalue weighted by Crippen LogP contribution is 2.30. The van der Waals surface area contributed by atoms with E-state index >= 15 is 0 Å². The number of nitrogens with zero attached hydrogens (tertiary/aromatic N) is 4. The Balaban J connectivity index is 1.80. The second kappa shape index (κ2) is 8.75. The van der Waals surface area contributed by atoms with Crippen molar-refractivity contribution in [3.05, 3.63) is 71.1 Å². The molecule has 0 saturated carbocycles. The number of rotatable bonds is 6. The second-order valence-electron chi connectivity index (χ2n) is 7.06. The van der Waals surface area contributed by atoms with Crippen LogP contribution in [-0.4, -0.2) is 43.4 Å². The van der Waals surface area contributed by atoms with Crippen LogP contribution in [0.3, 0.4) is 0 Å². The summed E-state index contributed by atoms with van der Waals surface area (Å²) < 4.78 is 14.9. The zero-order valence-corrected chi connectivity index (χ0v) is 17.7. The Bertz CT molecular complexity index is 1200. The molecule has 4 aromatic rings. The van der Waals surface area contributed by atoms with Crippen LogP contribution < -0.4 is 5.32 Å². The summed E-state index contributed by atoms with van der Waals surface area (Å²) in [6.07, 6.45) is 2.48. The minimum Gasteiger partial charge on any atom is -0.392 e. The highest BCUT2D eigenvalue weighted by Gasteiger charge is 2.22. The van der Waals surface area contributed by atoms with E-state index in [0.717, 1.165) is 16.0 Å². The fourth-order valence-corrected chi connectivity index (χ4v) is 3.86. The minimum atomic E-state index is -0.664. The third-order valence-corrected chi connectivity index (χ3v) is 5.47. The number of halogens is 1. The first-order chi connectivity index (χ1) is 14.9. The number of thiophene rings is 1. The maximum absolute atomic E-state index is 13.3. The van der Waals surface area contributed by atoms with Crippen LogP contribution in [0.25, 0.3) is 27.8 Å². The average molecular weight is 438 g/mol. The van der Waals surface area contributed by atoms with Crippen LogP contribution in [0.2, 0.25) is 0 Å². The summed E-state index contributed by atoms with van der Waals surface area (Å²) >= 11 is 1.46. The van der Waals surface area contributed by atoms with Crippen molar-refractivity contribution in [1.82, 2.24) is 25.1 Å². The molecule has 3 aromatic heterocycles. The third kappa shape index (κ3) is 4.37. The molecular formula is C22H20FN5O2S. The Labute approximate surface area is 182 Å². The largest absolute Gasteiger partial charge is 0.392 e. The molecule has 0 aliphatic carbocycles. The monoisotopic (exact) mass is 437 g/mol. The van der Waals surface area contributed by atoms with Gasteiger partial charge >= 0.3 is 0 Å². The van der Waals surface area contributed by atoms with E-state index in [1.165, 1.54) is 34.3 Å². The van der Waals surface area contributed by atoms with Gasteiger partial charge in [-0.2, -0.15) is 9.78 Å². The number of aryl methyl sites for hydroxylation is 1. The lowest BCUT2D eigenvalue weighted by Crippen LogP contribution is -2.30. The molecule has 0 bridgehead atoms. The van der Waals surface area contributed by atoms with Gasteiger partial charge < -0.3 is 10.4 Å². The average Bonchev–Trinajstić information content (AvgIpc) is 3.43. The van der Waals surface area contributed by atoms with E-state index in [-0.39, 0.29) is 18.3 Å². The third-order valence-electron chi connectivity index (χ3n) is 4.59. The number of amides is 1. The van der Waals surface area contributed by atoms with Crippen LogP contribution in [0.4, 0.5) is 4.39 Å². The molecule has 0 spiro atoms. The second-order valence-corrected chi connectivity index (χ2v) is 8.01. The van der Waals surface area contributed by atoms with Crippen molar-refractivity contribution in [3.8, 4) is 27.8 Å². The number of benzene rings is 1. The molecule has 0 fully saturated rings. The topological polar surface area (TPSA) is 92.9 Å². The van der Waals surface area contributed by atoms with Gasteiger partial charge in [0.2, 0.25) is 0 Å². The zero-order chi connectivity index (χ0) is 22.0. The number of hydrogen-bond acceptors (Lipinski definition) is 6. The van der Waals surface area contributed by atoms with E-state index in [2.05, 4.69) is 20.4 Å². The van der Waals surface area contributed by atoms with E-state index in [4.69, 9.17) is 0 Å². The summed E-state index contributed by atoms with van der Waals surface area (Å²) in [6, 6.07) is 9.85. The van der Waals surface area contributed by atoms with Crippen LogP contribution in [0.1, 0.15) is 22.8 Å². The molecule has 1 atom stereocenters. The van der Waals surface area contributed by atoms with E-state index < -0.39 is 6.10 Å². The summed E-state index contributed by atoms with van der Waals surface area (Å²) in [5.41, 5.74) is 3.15. The first-order valence-electron chi connectivity index (χ1n) is 9.62. The van der Waals surface area contributed by atoms with Gasteiger partial charge in [-0.15, -0.1) is 11.3 Å². The first kappa shape index (κ1) is 20.8. The lowest BCUT2D eigenvalue weighted by Gasteiger charge is -2.11. The summed E-state index contributed by atoms with van der Waals surface area (Å²) in [7, 11) is 0. The van der Waals surface area contributed by atoms with E-state index in [0.29, 0.717) is 22.9 Å². The van der Waals surface area contributed by atoms with Crippen LogP contribution in [0, 0.1) is 12.7 Å². The van der Waals surface area contributed by atoms with Crippen molar-refractivity contribution in [2.24, 2.45) is 0 Å². The fourth-order valence-electron chi connectivity index (χ4n) is 3.09. The van der Waals surface area contributed by atoms with Gasteiger partial charge in [-0.3, -0.25) is 4.79 Å². The maximum atomic E-state index is 13.3. The van der Waals surface area contributed by atoms with Crippen molar-refractivity contribution in [1.29, 1.82) is 0 Å². The van der Waals surface area contributed by atoms with Gasteiger partial charge in [0.25, 0.3) is 11.9 Å². The molecule has 0 aliphatic heterocycles. The normalized spacial score (nSPS) is 12.0. The molecule has 1 amide bonds. The SMILES string of the molecule is Cc1cnc(-n2ncc(C(=O)NCC(C)O)c2-c2cccs2)nc1-c1ccc(F)cc1. The molecule has 3 heterocycles. The number of aromatic nitrogens is 4. The van der Waals surface area contributed by atoms with Crippen molar-refractivity contribution >= 4 is 17.2 Å². The Morgan fingerprint density at radius 1 is 1.26 bits per heavy atom. The molecule has 7 nitrogen and oxygen atoms in total. The molecule has 1 aromatic carbocycles. The summed E-state index contributed by atoms with van der Waals surface area (Å²) in [5.74, 6) is -0.375. The number of aliphatic hydroxyl groups excluding tert-OH is 1. The van der Waals surface area contributed by atoms with Crippen molar-refractivity contribution in [3.63, 3.8) is 0 Å². The Kier molecular flexibility index (Phi) is 5.88. The smallest absolute Gasteiger partial charge is 0.255 e. The molecular weight excluding hydrogens is 417 g/mol. The number of carbonyl (C=O) groups is 1. The Morgan fingerprint density at radius 3 is 2.71 bits per heavy atom. The number of nitrogens with one attached hydrogen (secondary N) is 1. The van der Waals surface area contributed by atoms with Gasteiger partial charge in [-0.1, -0.05) is 6.07 Å². The van der Waals surface area contributed by atoms with Crippen molar-refractivity contribution in [2.75, 3.05) is 6.54 Å². The standard InChI is InChI=1S/C22H20FN5O2S/c1-13-10-25-22(27-19(13)15-5-7-16(23)8-6-15)28-20(18-4-3-9-31-18)17(12-26-28)21(30)24-11-14(2)29/h3-10,12,14,29H,11H2,1-2H3,(H,24,30). The lowest BCUT2D eigenvalue weighted by molar-refractivity contribution is 0.0924. The van der Waals surface area contributed by atoms with Gasteiger partial charge in [0.05, 0.1) is 28.4 Å². The fraction of sp³-hybridized carbons (Fsp3) is 0.182. The van der Waals surface area contributed by atoms with E-state index in [9.17, 15) is 14.3 Å². The molecule has 0 aliphatic rings. The Morgan fingerprint density at radius 2 is 2.03 bits per heavy atom. The first-order valence-corrected chi connectivity index (χ1v) is 10.5. The summed E-state index contributed by atoms with van der Waals surface area (Å²) in [5, 5.41) is 18.5. The molecule has 2 N–H and O–H groups in total. The van der Waals surface area contributed by atoms with Gasteiger partial charge in [0.15, 0.2) is 0 Å². The van der Waals surface area contributed by atoms with Gasteiger partial charge in [-0.25, -0.2) is 14.4 Å². The Hall–Kier alpha value is -3.43. The number of aliphatic hydroxyl groups is 1. The molecule has 0 saturated heterocycles. The number of hydrogen-bond donors (Lipinski definition) is 2. The molecule has 0 radical (unpaired) electrons. The highest BCUT2D eigenvalue weighted by molar-refractivity contribution is 7.13. The highest BCUT2D eigenvalue weighted by atomic mass is 32.1. The van der Waals surface area contributed by atoms with E-state index in [1.807, 2.05) is 24.4 Å². The predicted octanol–water partition coefficient (Wildman–Crippen LogP) is 3.62. The quantitative estimate of drug-likeness (QED) is 0.481. The molecule has 1 unspecified atom stereocenters. The zero-order valence-electron chi connectivity index (χ0n) is 16.9. The van der Waals surface area contributed by atoms with Crippen LogP contribution >= 0.6 is 11.3 Å². The predicted molar refractivity (Wildman–Crippen MR) is 117 cm³/mol. The number of carbonyl (C=O) groups excluding carboxylic acids is 1. The van der Waals surface area contributed by atoms with E-state index in [1.54, 1.807) is 25.3 Å². The lowest BCUT2D eigenvalue weighted by atomic mass is 10.1. The molecule has 4 rings (SSSR count). The van der Waals surface area contributed by atoms with Crippen LogP contribution in [0.15, 0.2) is 54.2 Å². The van der Waals surface area contributed by atoms with Crippen LogP contribution in [-0.2, 0) is 0 Å². The van der Waals surface area contributed by atoms with Gasteiger partial charge in [0, 0.05) is 18.3 Å². The molecule has 158 valence electrons. The molecule has 31 heavy (non-hydrogen) atoms. The van der Waals surface area contributed by atoms with Crippen molar-refractivity contribution in [2.45, 2.75) is 20.0 Å². The molecule has 9 heteroatoms. The summed E-state index contributed by atoms with van der Waals surface area (Å²) in [4.78, 5) is 22.6. The summed E-state index contributed by atoms with van der Waals surface area (Å²) in [6.45, 7) is 3.60.